The smallest absolute Gasteiger partial charge is 0.409 e. The van der Waals surface area contributed by atoms with Crippen molar-refractivity contribution < 1.29 is 28.5 Å². The molecule has 0 bridgehead atoms. The molecule has 0 saturated carbocycles. The van der Waals surface area contributed by atoms with Gasteiger partial charge in [0.05, 0.1) is 52.4 Å². The molecule has 2 aromatic carbocycles. The SMILES string of the molecule is CC(C)OCCOCCOCCOCCN(C)C(=O)OCC1c2ccccc2-c2ccccc21. The summed E-state index contributed by atoms with van der Waals surface area (Å²) in [5, 5.41) is 0. The van der Waals surface area contributed by atoms with Crippen LogP contribution in [0.5, 0.6) is 0 Å². The number of hydrogen-bond acceptors (Lipinski definition) is 6. The van der Waals surface area contributed by atoms with Crippen molar-refractivity contribution >= 4 is 6.09 Å². The first-order valence-corrected chi connectivity index (χ1v) is 12.0. The first kappa shape index (κ1) is 26.2. The molecular weight excluding hydrogens is 434 g/mol. The summed E-state index contributed by atoms with van der Waals surface area (Å²) in [5.41, 5.74) is 4.85. The molecule has 7 nitrogen and oxygen atoms in total. The van der Waals surface area contributed by atoms with Gasteiger partial charge in [-0.25, -0.2) is 4.79 Å². The quantitative estimate of drug-likeness (QED) is 0.360. The standard InChI is InChI=1S/C27H37NO6/c1-21(2)33-19-18-32-17-16-31-15-14-30-13-12-28(3)27(29)34-20-26-24-10-6-4-8-22(24)23-9-5-7-11-25(23)26/h4-11,21,26H,12-20H2,1-3H3. The van der Waals surface area contributed by atoms with Gasteiger partial charge in [0.25, 0.3) is 0 Å². The minimum absolute atomic E-state index is 0.0601. The highest BCUT2D eigenvalue weighted by Crippen LogP contribution is 2.44. The molecule has 3 rings (SSSR count). The molecule has 0 spiro atoms. The number of benzene rings is 2. The van der Waals surface area contributed by atoms with Crippen molar-refractivity contribution in [3.8, 4) is 11.1 Å². The second-order valence-electron chi connectivity index (χ2n) is 8.48. The highest BCUT2D eigenvalue weighted by atomic mass is 16.6. The van der Waals surface area contributed by atoms with E-state index in [0.717, 1.165) is 0 Å². The van der Waals surface area contributed by atoms with Crippen LogP contribution in [0.4, 0.5) is 4.79 Å². The number of carbonyl (C=O) groups is 1. The Morgan fingerprint density at radius 3 is 1.85 bits per heavy atom. The van der Waals surface area contributed by atoms with Crippen LogP contribution in [0, 0.1) is 0 Å². The highest BCUT2D eigenvalue weighted by molar-refractivity contribution is 5.79. The van der Waals surface area contributed by atoms with Crippen LogP contribution in [0.15, 0.2) is 48.5 Å². The molecule has 1 amide bonds. The number of amides is 1. The number of ether oxygens (including phenoxy) is 5. The lowest BCUT2D eigenvalue weighted by molar-refractivity contribution is -0.0126. The molecule has 7 heteroatoms. The van der Waals surface area contributed by atoms with E-state index in [4.69, 9.17) is 23.7 Å². The summed E-state index contributed by atoms with van der Waals surface area (Å²) in [5.74, 6) is 0.0601. The van der Waals surface area contributed by atoms with E-state index in [0.29, 0.717) is 59.4 Å². The zero-order chi connectivity index (χ0) is 24.2. The lowest BCUT2D eigenvalue weighted by Crippen LogP contribution is -2.32. The summed E-state index contributed by atoms with van der Waals surface area (Å²) in [6, 6.07) is 16.6. The Labute approximate surface area is 202 Å². The van der Waals surface area contributed by atoms with Crippen LogP contribution in [0.25, 0.3) is 11.1 Å². The maximum atomic E-state index is 12.5. The van der Waals surface area contributed by atoms with E-state index >= 15 is 0 Å². The van der Waals surface area contributed by atoms with E-state index in [1.54, 1.807) is 11.9 Å². The average molecular weight is 472 g/mol. The zero-order valence-corrected chi connectivity index (χ0v) is 20.5. The summed E-state index contributed by atoms with van der Waals surface area (Å²) < 4.78 is 27.5. The van der Waals surface area contributed by atoms with E-state index in [1.807, 2.05) is 38.1 Å². The predicted octanol–water partition coefficient (Wildman–Crippen LogP) is 4.34. The molecule has 1 aliphatic rings. The predicted molar refractivity (Wildman–Crippen MR) is 131 cm³/mol. The zero-order valence-electron chi connectivity index (χ0n) is 20.5. The first-order chi connectivity index (χ1) is 16.6. The fourth-order valence-corrected chi connectivity index (χ4v) is 3.88. The molecule has 186 valence electrons. The van der Waals surface area contributed by atoms with Crippen LogP contribution < -0.4 is 0 Å². The third-order valence-electron chi connectivity index (χ3n) is 5.64. The van der Waals surface area contributed by atoms with Gasteiger partial charge >= 0.3 is 6.09 Å². The lowest BCUT2D eigenvalue weighted by Gasteiger charge is -2.19. The van der Waals surface area contributed by atoms with Crippen LogP contribution in [-0.4, -0.2) is 83.5 Å². The molecule has 34 heavy (non-hydrogen) atoms. The van der Waals surface area contributed by atoms with Crippen molar-refractivity contribution in [1.29, 1.82) is 0 Å². The van der Waals surface area contributed by atoms with Crippen LogP contribution in [0.3, 0.4) is 0 Å². The van der Waals surface area contributed by atoms with E-state index in [1.165, 1.54) is 22.3 Å². The van der Waals surface area contributed by atoms with Gasteiger partial charge in [-0.05, 0) is 36.1 Å². The van der Waals surface area contributed by atoms with Crippen molar-refractivity contribution in [2.75, 3.05) is 66.4 Å². The third kappa shape index (κ3) is 7.81. The number of rotatable bonds is 15. The number of likely N-dealkylation sites (N-methyl/N-ethyl adjacent to an activating group) is 1. The van der Waals surface area contributed by atoms with Crippen LogP contribution >= 0.6 is 0 Å². The van der Waals surface area contributed by atoms with Crippen molar-refractivity contribution in [2.24, 2.45) is 0 Å². The summed E-state index contributed by atoms with van der Waals surface area (Å²) in [7, 11) is 1.72. The van der Waals surface area contributed by atoms with Crippen LogP contribution in [-0.2, 0) is 23.7 Å². The van der Waals surface area contributed by atoms with Crippen LogP contribution in [0.1, 0.15) is 30.9 Å². The van der Waals surface area contributed by atoms with Gasteiger partial charge in [-0.3, -0.25) is 0 Å². The Bertz CT molecular complexity index is 841. The minimum atomic E-state index is -0.347. The van der Waals surface area contributed by atoms with Gasteiger partial charge in [-0.1, -0.05) is 48.5 Å². The highest BCUT2D eigenvalue weighted by Gasteiger charge is 2.29. The topological polar surface area (TPSA) is 66.5 Å². The van der Waals surface area contributed by atoms with Crippen molar-refractivity contribution in [3.63, 3.8) is 0 Å². The average Bonchev–Trinajstić information content (AvgIpc) is 3.16. The van der Waals surface area contributed by atoms with Crippen molar-refractivity contribution in [3.05, 3.63) is 59.7 Å². The largest absolute Gasteiger partial charge is 0.448 e. The molecule has 0 fully saturated rings. The van der Waals surface area contributed by atoms with Gasteiger partial charge in [0.15, 0.2) is 0 Å². The van der Waals surface area contributed by atoms with Gasteiger partial charge in [-0.15, -0.1) is 0 Å². The Morgan fingerprint density at radius 1 is 0.794 bits per heavy atom. The molecule has 0 aliphatic heterocycles. The number of carbonyl (C=O) groups excluding carboxylic acids is 1. The Balaban J connectivity index is 1.26. The van der Waals surface area contributed by atoms with E-state index < -0.39 is 0 Å². The van der Waals surface area contributed by atoms with E-state index in [9.17, 15) is 4.79 Å². The molecule has 0 unspecified atom stereocenters. The van der Waals surface area contributed by atoms with Crippen LogP contribution in [0.2, 0.25) is 0 Å². The van der Waals surface area contributed by atoms with Crippen molar-refractivity contribution in [2.45, 2.75) is 25.9 Å². The second kappa shape index (κ2) is 14.1. The van der Waals surface area contributed by atoms with Gasteiger partial charge in [0.2, 0.25) is 0 Å². The molecule has 0 heterocycles. The third-order valence-corrected chi connectivity index (χ3v) is 5.64. The Morgan fingerprint density at radius 2 is 1.29 bits per heavy atom. The molecular formula is C27H37NO6. The van der Waals surface area contributed by atoms with E-state index in [2.05, 4.69) is 24.3 Å². The summed E-state index contributed by atoms with van der Waals surface area (Å²) >= 11 is 0. The number of nitrogens with zero attached hydrogens (tertiary/aromatic N) is 1. The van der Waals surface area contributed by atoms with E-state index in [-0.39, 0.29) is 18.1 Å². The molecule has 0 N–H and O–H groups in total. The maximum Gasteiger partial charge on any atom is 0.409 e. The second-order valence-corrected chi connectivity index (χ2v) is 8.48. The molecule has 0 aromatic heterocycles. The Kier molecular flexibility index (Phi) is 10.8. The minimum Gasteiger partial charge on any atom is -0.448 e. The molecule has 0 saturated heterocycles. The van der Waals surface area contributed by atoms with Gasteiger partial charge in [-0.2, -0.15) is 0 Å². The molecule has 1 aliphatic carbocycles. The lowest BCUT2D eigenvalue weighted by atomic mass is 9.98. The summed E-state index contributed by atoms with van der Waals surface area (Å²) in [6.45, 7) is 8.36. The summed E-state index contributed by atoms with van der Waals surface area (Å²) in [4.78, 5) is 14.0. The normalized spacial score (nSPS) is 12.6. The number of hydrogen-bond donors (Lipinski definition) is 0. The fraction of sp³-hybridized carbons (Fsp3) is 0.519. The molecule has 0 atom stereocenters. The van der Waals surface area contributed by atoms with Gasteiger partial charge in [0, 0.05) is 19.5 Å². The monoisotopic (exact) mass is 471 g/mol. The Hall–Kier alpha value is -2.45. The van der Waals surface area contributed by atoms with Gasteiger partial charge in [0.1, 0.15) is 6.61 Å². The van der Waals surface area contributed by atoms with Crippen molar-refractivity contribution in [1.82, 2.24) is 4.90 Å². The fourth-order valence-electron chi connectivity index (χ4n) is 3.88. The first-order valence-electron chi connectivity index (χ1n) is 12.0. The maximum absolute atomic E-state index is 12.5. The van der Waals surface area contributed by atoms with Gasteiger partial charge < -0.3 is 28.6 Å². The molecule has 0 radical (unpaired) electrons. The molecule has 2 aromatic rings. The number of fused-ring (bicyclic) bond motifs is 3. The summed E-state index contributed by atoms with van der Waals surface area (Å²) in [6.07, 6.45) is -0.125.